The SMILES string of the molecule is O=C(COCCOCCSS(=O)[O-])Oc1c(F)c(F)c(F)c(F)c1F. The second-order valence-corrected chi connectivity index (χ2v) is 6.64. The van der Waals surface area contributed by atoms with Gasteiger partial charge in [-0.1, -0.05) is 10.8 Å². The number of hydrogen-bond donors (Lipinski definition) is 0. The Morgan fingerprint density at radius 2 is 1.44 bits per heavy atom. The first-order chi connectivity index (χ1) is 11.8. The van der Waals surface area contributed by atoms with Crippen LogP contribution in [0.3, 0.4) is 0 Å². The van der Waals surface area contributed by atoms with Crippen molar-refractivity contribution in [3.8, 4) is 5.75 Å². The molecular weight excluding hydrogens is 399 g/mol. The molecular formula is C12H10F5O6S2-. The van der Waals surface area contributed by atoms with Gasteiger partial charge in [-0.25, -0.2) is 18.0 Å². The Morgan fingerprint density at radius 1 is 0.920 bits per heavy atom. The number of halogens is 5. The number of ether oxygens (including phenoxy) is 3. The van der Waals surface area contributed by atoms with Gasteiger partial charge in [0, 0.05) is 15.9 Å². The van der Waals surface area contributed by atoms with Crippen molar-refractivity contribution in [3.05, 3.63) is 29.1 Å². The molecule has 0 fully saturated rings. The van der Waals surface area contributed by atoms with Crippen LogP contribution in [0.4, 0.5) is 22.0 Å². The van der Waals surface area contributed by atoms with E-state index < -0.39 is 57.5 Å². The minimum Gasteiger partial charge on any atom is -0.764 e. The number of hydrogen-bond acceptors (Lipinski definition) is 7. The summed E-state index contributed by atoms with van der Waals surface area (Å²) in [7, 11) is -1.63. The van der Waals surface area contributed by atoms with Gasteiger partial charge in [-0.3, -0.25) is 4.21 Å². The Kier molecular flexibility index (Phi) is 9.27. The second kappa shape index (κ2) is 10.7. The van der Waals surface area contributed by atoms with E-state index in [0.717, 1.165) is 0 Å². The standard InChI is InChI=1S/C12H11F5O6S2/c13-7-8(14)10(16)12(11(17)9(7)15)23-6(18)5-22-2-1-21-3-4-24-25(19)20/h1-5H2,(H,19,20)/p-1. The molecule has 0 aromatic heterocycles. The summed E-state index contributed by atoms with van der Waals surface area (Å²) < 4.78 is 99.3. The van der Waals surface area contributed by atoms with Crippen molar-refractivity contribution in [1.29, 1.82) is 0 Å². The average Bonchev–Trinajstić information content (AvgIpc) is 2.57. The van der Waals surface area contributed by atoms with Crippen LogP contribution in [-0.2, 0) is 24.4 Å². The molecule has 0 saturated carbocycles. The van der Waals surface area contributed by atoms with Gasteiger partial charge in [0.25, 0.3) is 0 Å². The predicted octanol–water partition coefficient (Wildman–Crippen LogP) is 1.85. The second-order valence-electron chi connectivity index (χ2n) is 4.06. The zero-order valence-corrected chi connectivity index (χ0v) is 13.8. The molecule has 13 heteroatoms. The molecule has 0 radical (unpaired) electrons. The summed E-state index contributed by atoms with van der Waals surface area (Å²) >= 11 is 0. The molecule has 0 bridgehead atoms. The van der Waals surface area contributed by atoms with E-state index >= 15 is 0 Å². The number of benzene rings is 1. The van der Waals surface area contributed by atoms with Gasteiger partial charge >= 0.3 is 5.97 Å². The minimum atomic E-state index is -2.37. The normalized spacial score (nSPS) is 12.2. The number of rotatable bonds is 10. The van der Waals surface area contributed by atoms with Crippen LogP contribution < -0.4 is 4.74 Å². The van der Waals surface area contributed by atoms with Gasteiger partial charge in [0.05, 0.1) is 19.8 Å². The molecule has 142 valence electrons. The van der Waals surface area contributed by atoms with E-state index in [4.69, 9.17) is 9.47 Å². The van der Waals surface area contributed by atoms with Crippen molar-refractivity contribution >= 4 is 26.9 Å². The van der Waals surface area contributed by atoms with Crippen LogP contribution in [0.5, 0.6) is 5.75 Å². The zero-order chi connectivity index (χ0) is 19.0. The van der Waals surface area contributed by atoms with Gasteiger partial charge in [0.2, 0.25) is 34.8 Å². The van der Waals surface area contributed by atoms with Crippen molar-refractivity contribution in [2.24, 2.45) is 0 Å². The zero-order valence-electron chi connectivity index (χ0n) is 12.2. The van der Waals surface area contributed by atoms with Crippen molar-refractivity contribution in [1.82, 2.24) is 0 Å². The van der Waals surface area contributed by atoms with Crippen LogP contribution in [0, 0.1) is 29.1 Å². The molecule has 1 unspecified atom stereocenters. The smallest absolute Gasteiger partial charge is 0.337 e. The first kappa shape index (κ1) is 21.8. The summed E-state index contributed by atoms with van der Waals surface area (Å²) in [6, 6.07) is 0. The lowest BCUT2D eigenvalue weighted by atomic mass is 10.2. The molecule has 1 atom stereocenters. The third kappa shape index (κ3) is 6.86. The van der Waals surface area contributed by atoms with Gasteiger partial charge in [0.1, 0.15) is 6.61 Å². The Hall–Kier alpha value is -1.28. The molecule has 0 saturated heterocycles. The molecule has 0 aliphatic rings. The van der Waals surface area contributed by atoms with Crippen LogP contribution in [0.2, 0.25) is 0 Å². The summed E-state index contributed by atoms with van der Waals surface area (Å²) in [6.07, 6.45) is 0. The van der Waals surface area contributed by atoms with Crippen molar-refractivity contribution in [2.75, 3.05) is 32.2 Å². The molecule has 6 nitrogen and oxygen atoms in total. The maximum absolute atomic E-state index is 13.3. The number of carbonyl (C=O) groups is 1. The fraction of sp³-hybridized carbons (Fsp3) is 0.417. The van der Waals surface area contributed by atoms with Gasteiger partial charge in [0.15, 0.2) is 0 Å². The molecule has 0 spiro atoms. The van der Waals surface area contributed by atoms with Gasteiger partial charge < -0.3 is 18.8 Å². The summed E-state index contributed by atoms with van der Waals surface area (Å²) in [5.41, 5.74) is 0. The van der Waals surface area contributed by atoms with E-state index in [1.54, 1.807) is 0 Å². The number of esters is 1. The van der Waals surface area contributed by atoms with Gasteiger partial charge in [-0.05, 0) is 0 Å². The van der Waals surface area contributed by atoms with Crippen LogP contribution >= 0.6 is 10.8 Å². The maximum atomic E-state index is 13.3. The van der Waals surface area contributed by atoms with Crippen LogP contribution in [0.1, 0.15) is 0 Å². The van der Waals surface area contributed by atoms with Crippen molar-refractivity contribution in [2.45, 2.75) is 0 Å². The van der Waals surface area contributed by atoms with Crippen molar-refractivity contribution in [3.63, 3.8) is 0 Å². The molecule has 25 heavy (non-hydrogen) atoms. The molecule has 0 N–H and O–H groups in total. The fourth-order valence-corrected chi connectivity index (χ4v) is 2.29. The lowest BCUT2D eigenvalue weighted by Crippen LogP contribution is -2.20. The van der Waals surface area contributed by atoms with E-state index in [-0.39, 0.29) is 25.6 Å². The summed E-state index contributed by atoms with van der Waals surface area (Å²) in [4.78, 5) is 11.3. The summed E-state index contributed by atoms with van der Waals surface area (Å²) in [5.74, 6) is -14.3. The van der Waals surface area contributed by atoms with E-state index in [2.05, 4.69) is 4.74 Å². The molecule has 0 heterocycles. The first-order valence-corrected chi connectivity index (χ1v) is 8.93. The van der Waals surface area contributed by atoms with Gasteiger partial charge in [-0.2, -0.15) is 8.78 Å². The van der Waals surface area contributed by atoms with Crippen LogP contribution in [0.15, 0.2) is 0 Å². The highest BCUT2D eigenvalue weighted by Gasteiger charge is 2.28. The molecule has 0 aliphatic carbocycles. The quantitative estimate of drug-likeness (QED) is 0.0852. The average molecular weight is 409 g/mol. The Balaban J connectivity index is 2.37. The third-order valence-corrected chi connectivity index (χ3v) is 3.99. The van der Waals surface area contributed by atoms with Crippen LogP contribution in [0.25, 0.3) is 0 Å². The van der Waals surface area contributed by atoms with Gasteiger partial charge in [-0.15, -0.1) is 0 Å². The first-order valence-electron chi connectivity index (χ1n) is 6.35. The molecule has 1 aromatic carbocycles. The van der Waals surface area contributed by atoms with E-state index in [1.807, 2.05) is 0 Å². The lowest BCUT2D eigenvalue weighted by molar-refractivity contribution is -0.140. The summed E-state index contributed by atoms with van der Waals surface area (Å²) in [5, 5.41) is 0. The molecule has 0 amide bonds. The third-order valence-electron chi connectivity index (χ3n) is 2.38. The highest BCUT2D eigenvalue weighted by atomic mass is 33.1. The topological polar surface area (TPSA) is 84.9 Å². The molecule has 0 aliphatic heterocycles. The lowest BCUT2D eigenvalue weighted by Gasteiger charge is -2.09. The Labute approximate surface area is 144 Å². The summed E-state index contributed by atoms with van der Waals surface area (Å²) in [6.45, 7) is -0.918. The maximum Gasteiger partial charge on any atom is 0.337 e. The van der Waals surface area contributed by atoms with E-state index in [1.165, 1.54) is 0 Å². The van der Waals surface area contributed by atoms with Crippen LogP contribution in [-0.4, -0.2) is 46.9 Å². The highest BCUT2D eigenvalue weighted by Crippen LogP contribution is 2.29. The monoisotopic (exact) mass is 409 g/mol. The predicted molar refractivity (Wildman–Crippen MR) is 74.9 cm³/mol. The van der Waals surface area contributed by atoms with E-state index in [0.29, 0.717) is 10.8 Å². The largest absolute Gasteiger partial charge is 0.764 e. The molecule has 1 rings (SSSR count). The molecule has 1 aromatic rings. The number of carbonyl (C=O) groups excluding carboxylic acids is 1. The van der Waals surface area contributed by atoms with E-state index in [9.17, 15) is 35.5 Å². The highest BCUT2D eigenvalue weighted by molar-refractivity contribution is 8.67. The van der Waals surface area contributed by atoms with Crippen molar-refractivity contribution < 1.29 is 49.7 Å². The fourth-order valence-electron chi connectivity index (χ4n) is 1.35. The minimum absolute atomic E-state index is 0.0259. The Morgan fingerprint density at radius 3 is 2.00 bits per heavy atom. The Bertz CT molecular complexity index is 616.